The van der Waals surface area contributed by atoms with Crippen LogP contribution in [-0.2, 0) is 4.74 Å². The number of rotatable bonds is 9. The SMILES string of the molecule is CCN(CCNC(C)c1cccs1)CCOC. The summed E-state index contributed by atoms with van der Waals surface area (Å²) in [5.74, 6) is 0. The van der Waals surface area contributed by atoms with Crippen LogP contribution in [-0.4, -0.2) is 44.8 Å². The molecule has 0 saturated carbocycles. The van der Waals surface area contributed by atoms with Crippen LogP contribution >= 0.6 is 11.3 Å². The van der Waals surface area contributed by atoms with Crippen LogP contribution in [0.4, 0.5) is 0 Å². The van der Waals surface area contributed by atoms with Crippen molar-refractivity contribution in [3.05, 3.63) is 22.4 Å². The van der Waals surface area contributed by atoms with Crippen molar-refractivity contribution in [2.24, 2.45) is 0 Å². The van der Waals surface area contributed by atoms with Crippen LogP contribution in [0, 0.1) is 0 Å². The minimum Gasteiger partial charge on any atom is -0.383 e. The molecule has 1 aromatic heterocycles. The molecule has 0 saturated heterocycles. The second kappa shape index (κ2) is 8.64. The standard InChI is InChI=1S/C13H24N2OS/c1-4-15(9-10-16-3)8-7-14-12(2)13-6-5-11-17-13/h5-6,11-12,14H,4,7-10H2,1-3H3. The van der Waals surface area contributed by atoms with E-state index in [1.165, 1.54) is 4.88 Å². The fourth-order valence-corrected chi connectivity index (χ4v) is 2.48. The first-order valence-corrected chi connectivity index (χ1v) is 7.14. The molecule has 0 radical (unpaired) electrons. The van der Waals surface area contributed by atoms with Crippen LogP contribution in [0.5, 0.6) is 0 Å². The summed E-state index contributed by atoms with van der Waals surface area (Å²) in [6, 6.07) is 4.75. The minimum atomic E-state index is 0.455. The first-order chi connectivity index (χ1) is 8.27. The molecule has 0 aliphatic carbocycles. The average molecular weight is 256 g/mol. The van der Waals surface area contributed by atoms with E-state index in [9.17, 15) is 0 Å². The molecular weight excluding hydrogens is 232 g/mol. The van der Waals surface area contributed by atoms with E-state index in [1.807, 2.05) is 11.3 Å². The molecule has 1 aromatic rings. The van der Waals surface area contributed by atoms with Gasteiger partial charge in [-0.2, -0.15) is 0 Å². The number of nitrogens with zero attached hydrogens (tertiary/aromatic N) is 1. The highest BCUT2D eigenvalue weighted by molar-refractivity contribution is 7.10. The maximum atomic E-state index is 5.10. The Bertz CT molecular complexity index is 277. The number of hydrogen-bond donors (Lipinski definition) is 1. The van der Waals surface area contributed by atoms with Gasteiger partial charge >= 0.3 is 0 Å². The molecule has 98 valence electrons. The van der Waals surface area contributed by atoms with Crippen LogP contribution in [0.1, 0.15) is 24.8 Å². The van der Waals surface area contributed by atoms with E-state index in [-0.39, 0.29) is 0 Å². The monoisotopic (exact) mass is 256 g/mol. The van der Waals surface area contributed by atoms with Gasteiger partial charge in [-0.25, -0.2) is 0 Å². The zero-order chi connectivity index (χ0) is 12.5. The van der Waals surface area contributed by atoms with Crippen molar-refractivity contribution >= 4 is 11.3 Å². The van der Waals surface area contributed by atoms with Gasteiger partial charge in [0.2, 0.25) is 0 Å². The average Bonchev–Trinajstić information content (AvgIpc) is 2.87. The van der Waals surface area contributed by atoms with Crippen molar-refractivity contribution in [1.29, 1.82) is 0 Å². The maximum Gasteiger partial charge on any atom is 0.0589 e. The Labute approximate surface area is 109 Å². The quantitative estimate of drug-likeness (QED) is 0.734. The normalized spacial score (nSPS) is 13.2. The molecule has 0 aliphatic heterocycles. The molecule has 0 spiro atoms. The van der Waals surface area contributed by atoms with Gasteiger partial charge in [-0.05, 0) is 24.9 Å². The number of likely N-dealkylation sites (N-methyl/N-ethyl adjacent to an activating group) is 1. The molecule has 1 heterocycles. The summed E-state index contributed by atoms with van der Waals surface area (Å²) in [5, 5.41) is 5.68. The highest BCUT2D eigenvalue weighted by Crippen LogP contribution is 2.17. The molecule has 0 aliphatic rings. The number of ether oxygens (including phenoxy) is 1. The van der Waals surface area contributed by atoms with Gasteiger partial charge in [0.05, 0.1) is 6.61 Å². The number of nitrogens with one attached hydrogen (secondary N) is 1. The summed E-state index contributed by atoms with van der Waals surface area (Å²) in [5.41, 5.74) is 0. The Kier molecular flexibility index (Phi) is 7.44. The topological polar surface area (TPSA) is 24.5 Å². The number of methoxy groups -OCH3 is 1. The van der Waals surface area contributed by atoms with Gasteiger partial charge in [0.15, 0.2) is 0 Å². The van der Waals surface area contributed by atoms with Crippen LogP contribution in [0.2, 0.25) is 0 Å². The fourth-order valence-electron chi connectivity index (χ4n) is 1.73. The zero-order valence-corrected chi connectivity index (χ0v) is 11.9. The summed E-state index contributed by atoms with van der Waals surface area (Å²) in [6.45, 7) is 9.43. The first kappa shape index (κ1) is 14.6. The van der Waals surface area contributed by atoms with Crippen LogP contribution < -0.4 is 5.32 Å². The van der Waals surface area contributed by atoms with E-state index < -0.39 is 0 Å². The fraction of sp³-hybridized carbons (Fsp3) is 0.692. The molecule has 4 heteroatoms. The van der Waals surface area contributed by atoms with Crippen LogP contribution in [0.25, 0.3) is 0 Å². The molecule has 17 heavy (non-hydrogen) atoms. The zero-order valence-electron chi connectivity index (χ0n) is 11.1. The molecule has 0 fully saturated rings. The van der Waals surface area contributed by atoms with Crippen LogP contribution in [0.3, 0.4) is 0 Å². The third-order valence-electron chi connectivity index (χ3n) is 2.91. The maximum absolute atomic E-state index is 5.10. The van der Waals surface area contributed by atoms with E-state index in [4.69, 9.17) is 4.74 Å². The summed E-state index contributed by atoms with van der Waals surface area (Å²) < 4.78 is 5.10. The van der Waals surface area contributed by atoms with Crippen molar-refractivity contribution in [2.45, 2.75) is 19.9 Å². The van der Waals surface area contributed by atoms with E-state index in [0.29, 0.717) is 6.04 Å². The third-order valence-corrected chi connectivity index (χ3v) is 3.96. The van der Waals surface area contributed by atoms with Gasteiger partial charge in [-0.15, -0.1) is 11.3 Å². The summed E-state index contributed by atoms with van der Waals surface area (Å²) in [7, 11) is 1.75. The van der Waals surface area contributed by atoms with E-state index in [2.05, 4.69) is 41.6 Å². The van der Waals surface area contributed by atoms with Gasteiger partial charge in [-0.1, -0.05) is 13.0 Å². The predicted octanol–water partition coefficient (Wildman–Crippen LogP) is 2.37. The smallest absolute Gasteiger partial charge is 0.0589 e. The lowest BCUT2D eigenvalue weighted by Gasteiger charge is -2.21. The van der Waals surface area contributed by atoms with Gasteiger partial charge in [0, 0.05) is 37.7 Å². The lowest BCUT2D eigenvalue weighted by Crippen LogP contribution is -2.35. The largest absolute Gasteiger partial charge is 0.383 e. The first-order valence-electron chi connectivity index (χ1n) is 6.26. The Morgan fingerprint density at radius 1 is 1.47 bits per heavy atom. The Balaban J connectivity index is 2.17. The van der Waals surface area contributed by atoms with E-state index >= 15 is 0 Å². The lowest BCUT2D eigenvalue weighted by molar-refractivity contribution is 0.150. The molecule has 0 bridgehead atoms. The molecule has 1 N–H and O–H groups in total. The van der Waals surface area contributed by atoms with Gasteiger partial charge in [0.25, 0.3) is 0 Å². The van der Waals surface area contributed by atoms with Crippen molar-refractivity contribution in [2.75, 3.05) is 39.9 Å². The van der Waals surface area contributed by atoms with Crippen molar-refractivity contribution in [3.63, 3.8) is 0 Å². The van der Waals surface area contributed by atoms with Crippen molar-refractivity contribution in [3.8, 4) is 0 Å². The second-order valence-corrected chi connectivity index (χ2v) is 5.10. The van der Waals surface area contributed by atoms with Gasteiger partial charge in [-0.3, -0.25) is 0 Å². The predicted molar refractivity (Wildman–Crippen MR) is 74.7 cm³/mol. The lowest BCUT2D eigenvalue weighted by atomic mass is 10.3. The van der Waals surface area contributed by atoms with Gasteiger partial charge < -0.3 is 15.0 Å². The molecular formula is C13H24N2OS. The molecule has 0 amide bonds. The van der Waals surface area contributed by atoms with E-state index in [0.717, 1.165) is 32.8 Å². The van der Waals surface area contributed by atoms with Crippen LogP contribution in [0.15, 0.2) is 17.5 Å². The molecule has 1 atom stereocenters. The number of thiophene rings is 1. The minimum absolute atomic E-state index is 0.455. The molecule has 1 unspecified atom stereocenters. The summed E-state index contributed by atoms with van der Waals surface area (Å²) >= 11 is 1.81. The van der Waals surface area contributed by atoms with Crippen molar-refractivity contribution in [1.82, 2.24) is 10.2 Å². The Morgan fingerprint density at radius 2 is 2.29 bits per heavy atom. The van der Waals surface area contributed by atoms with Gasteiger partial charge in [0.1, 0.15) is 0 Å². The number of hydrogen-bond acceptors (Lipinski definition) is 4. The third kappa shape index (κ3) is 5.64. The molecule has 1 rings (SSSR count). The van der Waals surface area contributed by atoms with Crippen molar-refractivity contribution < 1.29 is 4.74 Å². The highest BCUT2D eigenvalue weighted by atomic mass is 32.1. The summed E-state index contributed by atoms with van der Waals surface area (Å²) in [4.78, 5) is 3.81. The molecule has 3 nitrogen and oxygen atoms in total. The highest BCUT2D eigenvalue weighted by Gasteiger charge is 2.06. The second-order valence-electron chi connectivity index (χ2n) is 4.12. The Hall–Kier alpha value is -0.420. The van der Waals surface area contributed by atoms with E-state index in [1.54, 1.807) is 7.11 Å². The Morgan fingerprint density at radius 3 is 2.88 bits per heavy atom. The molecule has 0 aromatic carbocycles. The summed E-state index contributed by atoms with van der Waals surface area (Å²) in [6.07, 6.45) is 0.